The Bertz CT molecular complexity index is 4760. The summed E-state index contributed by atoms with van der Waals surface area (Å²) < 4.78 is 8.91. The van der Waals surface area contributed by atoms with Crippen LogP contribution in [-0.2, 0) is 0 Å². The van der Waals surface area contributed by atoms with Crippen LogP contribution in [0.5, 0.6) is 0 Å². The summed E-state index contributed by atoms with van der Waals surface area (Å²) in [6, 6.07) is 79.8. The zero-order valence-electron chi connectivity index (χ0n) is 38.2. The molecule has 0 unspecified atom stereocenters. The molecule has 8 nitrogen and oxygen atoms in total. The average Bonchev–Trinajstić information content (AvgIpc) is 4.17. The van der Waals surface area contributed by atoms with Gasteiger partial charge in [0.25, 0.3) is 0 Å². The molecule has 72 heavy (non-hydrogen) atoms. The van der Waals surface area contributed by atoms with Crippen molar-refractivity contribution in [2.24, 2.45) is 0 Å². The third kappa shape index (κ3) is 5.58. The van der Waals surface area contributed by atoms with E-state index in [0.717, 1.165) is 121 Å². The van der Waals surface area contributed by atoms with Crippen LogP contribution in [0.25, 0.3) is 121 Å². The first kappa shape index (κ1) is 40.4. The fourth-order valence-corrected chi connectivity index (χ4v) is 11.5. The van der Waals surface area contributed by atoms with Gasteiger partial charge in [0.15, 0.2) is 0 Å². The number of hydrogen-bond acceptors (Lipinski definition) is 4. The van der Waals surface area contributed by atoms with Crippen molar-refractivity contribution in [2.45, 2.75) is 0 Å². The van der Waals surface area contributed by atoms with Crippen LogP contribution in [0.2, 0.25) is 0 Å². The lowest BCUT2D eigenvalue weighted by Crippen LogP contribution is -2.05. The van der Waals surface area contributed by atoms with Gasteiger partial charge in [0.05, 0.1) is 89.1 Å². The van der Waals surface area contributed by atoms with E-state index in [-0.39, 0.29) is 0 Å². The highest BCUT2D eigenvalue weighted by Gasteiger charge is 2.25. The molecular weight excluding hydrogens is 881 g/mol. The number of nitriles is 4. The molecule has 14 aromatic rings. The van der Waals surface area contributed by atoms with E-state index < -0.39 is 0 Å². The second kappa shape index (κ2) is 15.4. The summed E-state index contributed by atoms with van der Waals surface area (Å²) in [6.45, 7) is 0. The standard InChI is InChI=1S/C64H34N8/c65-35-40-31-60(69-52-21-7-1-14-45(52)46-15-2-8-22-53(46)69)61(32-41(40)36-66)71-56-25-11-5-18-49(56)51-30-39(28-29-58(51)71)44-20-13-27-59-64(44)50-19-6-12-26-57(50)72(59)63-34-43(38-68)42(37-67)33-62(63)70-54-23-9-3-16-47(54)48-17-4-10-24-55(48)70/h1-34H. The molecule has 0 spiro atoms. The molecule has 0 aliphatic carbocycles. The lowest BCUT2D eigenvalue weighted by molar-refractivity contribution is 1.09. The molecule has 14 rings (SSSR count). The van der Waals surface area contributed by atoms with Crippen molar-refractivity contribution < 1.29 is 0 Å². The van der Waals surface area contributed by atoms with Crippen LogP contribution in [-0.4, -0.2) is 18.3 Å². The fraction of sp³-hybridized carbons (Fsp3) is 0. The zero-order valence-corrected chi connectivity index (χ0v) is 38.2. The summed E-state index contributed by atoms with van der Waals surface area (Å²) in [7, 11) is 0. The first-order valence-corrected chi connectivity index (χ1v) is 23.6. The highest BCUT2D eigenvalue weighted by Crippen LogP contribution is 2.45. The van der Waals surface area contributed by atoms with Crippen molar-refractivity contribution in [3.8, 4) is 58.2 Å². The minimum absolute atomic E-state index is 0.298. The smallest absolute Gasteiger partial charge is 0.101 e. The molecule has 0 radical (unpaired) electrons. The molecule has 0 amide bonds. The first-order chi connectivity index (χ1) is 35.6. The third-order valence-corrected chi connectivity index (χ3v) is 14.5. The largest absolute Gasteiger partial charge is 0.307 e. The van der Waals surface area contributed by atoms with Crippen molar-refractivity contribution in [2.75, 3.05) is 0 Å². The molecule has 0 aliphatic heterocycles. The Hall–Kier alpha value is -10.6. The average molecular weight is 915 g/mol. The van der Waals surface area contributed by atoms with Crippen molar-refractivity contribution >= 4 is 87.2 Å². The molecule has 0 saturated carbocycles. The summed E-state index contributed by atoms with van der Waals surface area (Å²) in [5.41, 5.74) is 14.2. The van der Waals surface area contributed by atoms with Gasteiger partial charge in [-0.3, -0.25) is 0 Å². The van der Waals surface area contributed by atoms with Gasteiger partial charge < -0.3 is 18.3 Å². The number of nitrogens with zero attached hydrogens (tertiary/aromatic N) is 8. The Morgan fingerprint density at radius 1 is 0.250 bits per heavy atom. The maximum atomic E-state index is 10.5. The van der Waals surface area contributed by atoms with Gasteiger partial charge in [0.1, 0.15) is 24.3 Å². The Balaban J connectivity index is 1.03. The van der Waals surface area contributed by atoms with Crippen LogP contribution in [0.4, 0.5) is 0 Å². The van der Waals surface area contributed by atoms with Crippen LogP contribution >= 0.6 is 0 Å². The second-order valence-electron chi connectivity index (χ2n) is 18.1. The highest BCUT2D eigenvalue weighted by atomic mass is 15.1. The fourth-order valence-electron chi connectivity index (χ4n) is 11.5. The molecule has 0 bridgehead atoms. The molecule has 4 aromatic heterocycles. The van der Waals surface area contributed by atoms with Gasteiger partial charge in [0.2, 0.25) is 0 Å². The van der Waals surface area contributed by atoms with Crippen LogP contribution in [0.1, 0.15) is 22.3 Å². The third-order valence-electron chi connectivity index (χ3n) is 14.5. The van der Waals surface area contributed by atoms with E-state index in [2.05, 4.69) is 164 Å². The van der Waals surface area contributed by atoms with Gasteiger partial charge in [0, 0.05) is 43.1 Å². The zero-order chi connectivity index (χ0) is 48.2. The van der Waals surface area contributed by atoms with Crippen molar-refractivity contribution in [1.29, 1.82) is 21.0 Å². The van der Waals surface area contributed by atoms with Gasteiger partial charge >= 0.3 is 0 Å². The lowest BCUT2D eigenvalue weighted by atomic mass is 9.98. The molecule has 8 heteroatoms. The Morgan fingerprint density at radius 2 is 0.542 bits per heavy atom. The lowest BCUT2D eigenvalue weighted by Gasteiger charge is -2.18. The van der Waals surface area contributed by atoms with E-state index in [1.807, 2.05) is 84.9 Å². The van der Waals surface area contributed by atoms with E-state index in [9.17, 15) is 21.0 Å². The molecule has 0 saturated heterocycles. The number of benzene rings is 10. The molecular formula is C64H34N8. The monoisotopic (exact) mass is 914 g/mol. The molecule has 0 atom stereocenters. The summed E-state index contributed by atoms with van der Waals surface area (Å²) in [4.78, 5) is 0. The molecule has 4 heterocycles. The van der Waals surface area contributed by atoms with E-state index in [4.69, 9.17) is 0 Å². The topological polar surface area (TPSA) is 115 Å². The summed E-state index contributed by atoms with van der Waals surface area (Å²) in [6.07, 6.45) is 0. The highest BCUT2D eigenvalue weighted by molar-refractivity contribution is 6.18. The van der Waals surface area contributed by atoms with Gasteiger partial charge in [-0.1, -0.05) is 127 Å². The van der Waals surface area contributed by atoms with Crippen LogP contribution in [0, 0.1) is 45.3 Å². The SMILES string of the molecule is N#Cc1cc(-n2c3ccccc3c3ccccc32)c(-n2c3ccccc3c3cc(-c4cccc5c4c4ccccc4n5-c4cc(C#N)c(C#N)cc4-n4c5ccccc5c5ccccc54)ccc32)cc1C#N. The normalized spacial score (nSPS) is 11.6. The quantitative estimate of drug-likeness (QED) is 0.171. The Kier molecular flexibility index (Phi) is 8.67. The van der Waals surface area contributed by atoms with Gasteiger partial charge in [-0.15, -0.1) is 0 Å². The molecule has 10 aromatic carbocycles. The number of rotatable bonds is 5. The molecule has 0 aliphatic rings. The number of hydrogen-bond donors (Lipinski definition) is 0. The number of fused-ring (bicyclic) bond motifs is 12. The maximum absolute atomic E-state index is 10.5. The van der Waals surface area contributed by atoms with E-state index in [1.165, 1.54) is 0 Å². The van der Waals surface area contributed by atoms with Crippen LogP contribution in [0.3, 0.4) is 0 Å². The van der Waals surface area contributed by atoms with E-state index in [1.54, 1.807) is 0 Å². The summed E-state index contributed by atoms with van der Waals surface area (Å²) >= 11 is 0. The van der Waals surface area contributed by atoms with Crippen LogP contribution in [0.15, 0.2) is 206 Å². The summed E-state index contributed by atoms with van der Waals surface area (Å²) in [5, 5.41) is 50.5. The van der Waals surface area contributed by atoms with Gasteiger partial charge in [-0.2, -0.15) is 21.0 Å². The predicted octanol–water partition coefficient (Wildman–Crippen LogP) is 15.2. The second-order valence-corrected chi connectivity index (χ2v) is 18.1. The number of aromatic nitrogens is 4. The van der Waals surface area contributed by atoms with E-state index >= 15 is 0 Å². The maximum Gasteiger partial charge on any atom is 0.101 e. The van der Waals surface area contributed by atoms with Crippen molar-refractivity contribution in [3.63, 3.8) is 0 Å². The summed E-state index contributed by atoms with van der Waals surface area (Å²) in [5.74, 6) is 0. The number of para-hydroxylation sites is 6. The van der Waals surface area contributed by atoms with Gasteiger partial charge in [-0.05, 0) is 90.0 Å². The minimum Gasteiger partial charge on any atom is -0.307 e. The first-order valence-electron chi connectivity index (χ1n) is 23.6. The molecule has 0 fully saturated rings. The Morgan fingerprint density at radius 3 is 0.917 bits per heavy atom. The predicted molar refractivity (Wildman–Crippen MR) is 288 cm³/mol. The van der Waals surface area contributed by atoms with Gasteiger partial charge in [-0.25, -0.2) is 0 Å². The van der Waals surface area contributed by atoms with E-state index in [0.29, 0.717) is 22.3 Å². The minimum atomic E-state index is 0.298. The Labute approximate surface area is 411 Å². The molecule has 330 valence electrons. The van der Waals surface area contributed by atoms with Crippen molar-refractivity contribution in [3.05, 3.63) is 229 Å². The van der Waals surface area contributed by atoms with Crippen molar-refractivity contribution in [1.82, 2.24) is 18.3 Å². The molecule has 0 N–H and O–H groups in total. The van der Waals surface area contributed by atoms with Crippen LogP contribution < -0.4 is 0 Å².